The summed E-state index contributed by atoms with van der Waals surface area (Å²) < 4.78 is 37.0. The van der Waals surface area contributed by atoms with Crippen molar-refractivity contribution in [1.29, 1.82) is 0 Å². The molecule has 17 heavy (non-hydrogen) atoms. The van der Waals surface area contributed by atoms with Crippen LogP contribution in [0.1, 0.15) is 24.4 Å². The van der Waals surface area contributed by atoms with Crippen LogP contribution in [0.25, 0.3) is 0 Å². The van der Waals surface area contributed by atoms with Crippen LogP contribution in [0.4, 0.5) is 18.3 Å². The van der Waals surface area contributed by atoms with E-state index in [1.807, 2.05) is 6.92 Å². The third-order valence-corrected chi connectivity index (χ3v) is 3.41. The minimum atomic E-state index is -4.24. The molecule has 0 radical (unpaired) electrons. The second kappa shape index (κ2) is 5.68. The molecule has 0 amide bonds. The maximum atomic E-state index is 12.3. The molecule has 1 rings (SSSR count). The first-order chi connectivity index (χ1) is 7.91. The molecule has 0 saturated heterocycles. The molecule has 0 aliphatic rings. The highest BCUT2D eigenvalue weighted by Gasteiger charge is 2.31. The summed E-state index contributed by atoms with van der Waals surface area (Å²) in [6.45, 7) is 2.56. The van der Waals surface area contributed by atoms with E-state index in [9.17, 15) is 13.2 Å². The van der Waals surface area contributed by atoms with Crippen LogP contribution in [0.2, 0.25) is 0 Å². The Hall–Kier alpha value is -0.820. The van der Waals surface area contributed by atoms with Crippen LogP contribution in [-0.4, -0.2) is 29.4 Å². The first kappa shape index (κ1) is 14.2. The zero-order chi connectivity index (χ0) is 13.1. The van der Waals surface area contributed by atoms with E-state index in [0.29, 0.717) is 22.1 Å². The van der Waals surface area contributed by atoms with Gasteiger partial charge in [0, 0.05) is 6.54 Å². The van der Waals surface area contributed by atoms with Gasteiger partial charge in [0.25, 0.3) is 0 Å². The number of thiazole rings is 1. The Morgan fingerprint density at radius 3 is 2.35 bits per heavy atom. The Labute approximate surface area is 102 Å². The number of hydrogen-bond donors (Lipinski definition) is 1. The van der Waals surface area contributed by atoms with Crippen molar-refractivity contribution >= 4 is 16.5 Å². The highest BCUT2D eigenvalue weighted by Crippen LogP contribution is 2.29. The lowest BCUT2D eigenvalue weighted by molar-refractivity contribution is -0.119. The van der Waals surface area contributed by atoms with Crippen molar-refractivity contribution in [2.24, 2.45) is 0 Å². The van der Waals surface area contributed by atoms with E-state index in [0.717, 1.165) is 11.3 Å². The number of aromatic nitrogens is 1. The van der Waals surface area contributed by atoms with E-state index in [4.69, 9.17) is 5.11 Å². The highest BCUT2D eigenvalue weighted by atomic mass is 32.1. The monoisotopic (exact) mass is 268 g/mol. The van der Waals surface area contributed by atoms with Crippen LogP contribution in [-0.2, 0) is 13.0 Å². The molecule has 0 aliphatic heterocycles. The van der Waals surface area contributed by atoms with Crippen molar-refractivity contribution in [1.82, 2.24) is 4.98 Å². The fourth-order valence-corrected chi connectivity index (χ4v) is 2.51. The molecule has 0 aliphatic carbocycles. The van der Waals surface area contributed by atoms with Crippen LogP contribution >= 0.6 is 11.3 Å². The van der Waals surface area contributed by atoms with E-state index >= 15 is 0 Å². The number of aryl methyl sites for hydroxylation is 1. The standard InChI is InChI=1S/C10H15F3N2OS/c1-3-7-8(5-16)17-9(14-7)15(4-2)6-10(11,12)13/h16H,3-6H2,1-2H3. The Morgan fingerprint density at radius 2 is 2.00 bits per heavy atom. The van der Waals surface area contributed by atoms with Gasteiger partial charge < -0.3 is 10.0 Å². The lowest BCUT2D eigenvalue weighted by Crippen LogP contribution is -2.34. The molecule has 0 unspecified atom stereocenters. The number of nitrogens with zero attached hydrogens (tertiary/aromatic N) is 2. The van der Waals surface area contributed by atoms with Crippen LogP contribution < -0.4 is 4.90 Å². The second-order valence-corrected chi connectivity index (χ2v) is 4.57. The fraction of sp³-hybridized carbons (Fsp3) is 0.700. The second-order valence-electron chi connectivity index (χ2n) is 3.51. The minimum absolute atomic E-state index is 0.176. The number of aliphatic hydroxyl groups is 1. The predicted molar refractivity (Wildman–Crippen MR) is 61.4 cm³/mol. The van der Waals surface area contributed by atoms with Crippen LogP contribution in [0.3, 0.4) is 0 Å². The SMILES string of the molecule is CCc1nc(N(CC)CC(F)(F)F)sc1CO. The average Bonchev–Trinajstić information content (AvgIpc) is 2.67. The summed E-state index contributed by atoms with van der Waals surface area (Å²) in [6, 6.07) is 0. The molecule has 1 heterocycles. The summed E-state index contributed by atoms with van der Waals surface area (Å²) in [7, 11) is 0. The zero-order valence-corrected chi connectivity index (χ0v) is 10.5. The number of aliphatic hydroxyl groups excluding tert-OH is 1. The molecular formula is C10H15F3N2OS. The van der Waals surface area contributed by atoms with Gasteiger partial charge in [-0.3, -0.25) is 0 Å². The molecule has 1 aromatic rings. The largest absolute Gasteiger partial charge is 0.406 e. The quantitative estimate of drug-likeness (QED) is 0.891. The van der Waals surface area contributed by atoms with Gasteiger partial charge in [-0.15, -0.1) is 0 Å². The van der Waals surface area contributed by atoms with Gasteiger partial charge in [0.15, 0.2) is 5.13 Å². The van der Waals surface area contributed by atoms with Gasteiger partial charge in [-0.05, 0) is 13.3 Å². The van der Waals surface area contributed by atoms with Crippen LogP contribution in [0.15, 0.2) is 0 Å². The van der Waals surface area contributed by atoms with E-state index in [2.05, 4.69) is 4.98 Å². The van der Waals surface area contributed by atoms with Gasteiger partial charge in [-0.1, -0.05) is 18.3 Å². The summed E-state index contributed by atoms with van der Waals surface area (Å²) >= 11 is 1.12. The van der Waals surface area contributed by atoms with Crippen molar-refractivity contribution in [2.75, 3.05) is 18.0 Å². The van der Waals surface area contributed by atoms with Crippen LogP contribution in [0.5, 0.6) is 0 Å². The number of rotatable bonds is 5. The van der Waals surface area contributed by atoms with E-state index in [-0.39, 0.29) is 13.2 Å². The molecule has 0 bridgehead atoms. The molecule has 0 spiro atoms. The van der Waals surface area contributed by atoms with Crippen molar-refractivity contribution in [3.05, 3.63) is 10.6 Å². The third kappa shape index (κ3) is 3.85. The molecule has 0 aromatic carbocycles. The molecular weight excluding hydrogens is 253 g/mol. The Kier molecular flexibility index (Phi) is 4.76. The normalized spacial score (nSPS) is 11.9. The number of anilines is 1. The summed E-state index contributed by atoms with van der Waals surface area (Å²) in [5.41, 5.74) is 0.674. The van der Waals surface area contributed by atoms with Crippen molar-refractivity contribution in [3.8, 4) is 0 Å². The van der Waals surface area contributed by atoms with Gasteiger partial charge >= 0.3 is 6.18 Å². The predicted octanol–water partition coefficient (Wildman–Crippen LogP) is 2.59. The zero-order valence-electron chi connectivity index (χ0n) is 9.71. The lowest BCUT2D eigenvalue weighted by Gasteiger charge is -2.21. The summed E-state index contributed by atoms with van der Waals surface area (Å²) in [5, 5.41) is 9.40. The van der Waals surface area contributed by atoms with E-state index in [1.54, 1.807) is 6.92 Å². The lowest BCUT2D eigenvalue weighted by atomic mass is 10.3. The highest BCUT2D eigenvalue weighted by molar-refractivity contribution is 7.15. The van der Waals surface area contributed by atoms with Gasteiger partial charge in [-0.25, -0.2) is 4.98 Å². The molecule has 0 atom stereocenters. The topological polar surface area (TPSA) is 36.4 Å². The molecule has 3 nitrogen and oxygen atoms in total. The average molecular weight is 268 g/mol. The summed E-state index contributed by atoms with van der Waals surface area (Å²) in [4.78, 5) is 5.95. The van der Waals surface area contributed by atoms with E-state index in [1.165, 1.54) is 4.90 Å². The van der Waals surface area contributed by atoms with E-state index < -0.39 is 12.7 Å². The summed E-state index contributed by atoms with van der Waals surface area (Å²) in [5.74, 6) is 0. The molecule has 1 N–H and O–H groups in total. The van der Waals surface area contributed by atoms with Gasteiger partial charge in [0.05, 0.1) is 17.2 Å². The number of hydrogen-bond acceptors (Lipinski definition) is 4. The number of alkyl halides is 3. The molecule has 1 aromatic heterocycles. The third-order valence-electron chi connectivity index (χ3n) is 2.27. The van der Waals surface area contributed by atoms with Crippen LogP contribution in [0, 0.1) is 0 Å². The Morgan fingerprint density at radius 1 is 1.35 bits per heavy atom. The van der Waals surface area contributed by atoms with Crippen molar-refractivity contribution in [2.45, 2.75) is 33.1 Å². The van der Waals surface area contributed by atoms with Gasteiger partial charge in [0.2, 0.25) is 0 Å². The first-order valence-corrected chi connectivity index (χ1v) is 6.14. The summed E-state index contributed by atoms with van der Waals surface area (Å²) in [6.07, 6.45) is -3.64. The molecule has 98 valence electrons. The fourth-order valence-electron chi connectivity index (χ4n) is 1.44. The number of halogens is 3. The minimum Gasteiger partial charge on any atom is -0.391 e. The Balaban J connectivity index is 2.92. The molecule has 0 saturated carbocycles. The maximum absolute atomic E-state index is 12.3. The van der Waals surface area contributed by atoms with Gasteiger partial charge in [-0.2, -0.15) is 13.2 Å². The molecule has 7 heteroatoms. The molecule has 0 fully saturated rings. The van der Waals surface area contributed by atoms with Gasteiger partial charge in [0.1, 0.15) is 6.54 Å². The van der Waals surface area contributed by atoms with Crippen molar-refractivity contribution < 1.29 is 18.3 Å². The smallest absolute Gasteiger partial charge is 0.391 e. The Bertz CT molecular complexity index is 343. The first-order valence-electron chi connectivity index (χ1n) is 5.32. The maximum Gasteiger partial charge on any atom is 0.406 e. The van der Waals surface area contributed by atoms with Crippen molar-refractivity contribution in [3.63, 3.8) is 0 Å².